The first-order valence-electron chi connectivity index (χ1n) is 23.5. The molecule has 2 fully saturated rings. The van der Waals surface area contributed by atoms with E-state index in [9.17, 15) is 67.2 Å². The molecule has 0 aliphatic carbocycles. The minimum atomic E-state index is -5.08. The molecule has 3 aliphatic rings. The van der Waals surface area contributed by atoms with Crippen LogP contribution in [0.3, 0.4) is 0 Å². The Bertz CT molecular complexity index is 2610. The van der Waals surface area contributed by atoms with Gasteiger partial charge in [-0.3, -0.25) is 33.7 Å². The van der Waals surface area contributed by atoms with Gasteiger partial charge >= 0.3 is 18.1 Å². The number of carboxylic acids is 2. The van der Waals surface area contributed by atoms with E-state index in [2.05, 4.69) is 16.0 Å². The van der Waals surface area contributed by atoms with Gasteiger partial charge in [-0.15, -0.1) is 0 Å². The number of anilines is 2. The van der Waals surface area contributed by atoms with Gasteiger partial charge in [0.05, 0.1) is 5.69 Å². The number of alkyl halides is 3. The topological polar surface area (TPSA) is 355 Å². The predicted molar refractivity (Wildman–Crippen MR) is 256 cm³/mol. The highest BCUT2D eigenvalue weighted by atomic mass is 19.4. The number of piperidine rings is 1. The molecule has 6 atom stereocenters. The lowest BCUT2D eigenvalue weighted by Crippen LogP contribution is -2.61. The fourth-order valence-electron chi connectivity index (χ4n) is 8.06. The van der Waals surface area contributed by atoms with E-state index < -0.39 is 78.5 Å². The summed E-state index contributed by atoms with van der Waals surface area (Å²) in [7, 11) is 0. The molecule has 3 aromatic rings. The Kier molecular flexibility index (Phi) is 20.9. The van der Waals surface area contributed by atoms with Crippen LogP contribution in [0, 0.1) is 5.92 Å². The van der Waals surface area contributed by atoms with Crippen molar-refractivity contribution in [2.24, 2.45) is 11.7 Å². The fraction of sp³-hybridized carbons (Fsp3) is 0.408. The molecule has 6 amide bonds. The van der Waals surface area contributed by atoms with Gasteiger partial charge in [0.2, 0.25) is 24.0 Å². The van der Waals surface area contributed by atoms with Gasteiger partial charge in [0.1, 0.15) is 30.1 Å². The number of nitrogens with two attached hydrogens (primary N) is 2. The van der Waals surface area contributed by atoms with E-state index in [1.165, 1.54) is 12.1 Å². The Labute approximate surface area is 426 Å². The minimum Gasteiger partial charge on any atom is -0.479 e. The number of carbonyl (C=O) groups is 8. The largest absolute Gasteiger partial charge is 0.490 e. The van der Waals surface area contributed by atoms with Crippen LogP contribution in [0.1, 0.15) is 60.0 Å². The number of nitrogens with zero attached hydrogens (tertiary/aromatic N) is 3. The average Bonchev–Trinajstić information content (AvgIpc) is 3.70. The van der Waals surface area contributed by atoms with E-state index in [0.717, 1.165) is 44.3 Å². The summed E-state index contributed by atoms with van der Waals surface area (Å²) in [6.45, 7) is 1.57. The number of aliphatic hydroxyl groups is 3. The lowest BCUT2D eigenvalue weighted by atomic mass is 9.91. The summed E-state index contributed by atoms with van der Waals surface area (Å²) in [5.74, 6) is -7.02. The van der Waals surface area contributed by atoms with Crippen LogP contribution in [0.2, 0.25) is 0 Å². The molecular formula is C49H58F3N8O15+. The maximum Gasteiger partial charge on any atom is 0.490 e. The number of nitrogens with one attached hydrogen (secondary N) is 3. The van der Waals surface area contributed by atoms with Gasteiger partial charge in [-0.05, 0) is 73.7 Å². The summed E-state index contributed by atoms with van der Waals surface area (Å²) >= 11 is 0. The molecule has 404 valence electrons. The molecule has 3 aliphatic heterocycles. The normalized spacial score (nSPS) is 20.2. The second-order valence-electron chi connectivity index (χ2n) is 17.5. The summed E-state index contributed by atoms with van der Waals surface area (Å²) < 4.78 is 44.6. The maximum atomic E-state index is 13.3. The van der Waals surface area contributed by atoms with Crippen LogP contribution < -0.4 is 36.7 Å². The third kappa shape index (κ3) is 16.9. The zero-order valence-electron chi connectivity index (χ0n) is 40.1. The predicted octanol–water partition coefficient (Wildman–Crippen LogP) is 0.0581. The number of likely N-dealkylation sites (tertiary alicyclic amines) is 1. The maximum absolute atomic E-state index is 13.3. The van der Waals surface area contributed by atoms with Gasteiger partial charge in [0.15, 0.2) is 25.0 Å². The highest BCUT2D eigenvalue weighted by molar-refractivity contribution is 6.15. The number of aromatic nitrogens is 1. The molecule has 75 heavy (non-hydrogen) atoms. The highest BCUT2D eigenvalue weighted by Gasteiger charge is 2.48. The van der Waals surface area contributed by atoms with Crippen molar-refractivity contribution in [3.8, 4) is 5.75 Å². The lowest BCUT2D eigenvalue weighted by molar-refractivity contribution is -0.688. The number of rotatable bonds is 20. The first-order valence-corrected chi connectivity index (χ1v) is 23.5. The zero-order chi connectivity index (χ0) is 55.0. The average molecular weight is 1060 g/mol. The van der Waals surface area contributed by atoms with Gasteiger partial charge in [-0.2, -0.15) is 13.2 Å². The number of hydrogen-bond acceptors (Lipinski definition) is 15. The van der Waals surface area contributed by atoms with Crippen molar-refractivity contribution in [2.75, 3.05) is 43.8 Å². The number of aliphatic hydroxyl groups excluding tert-OH is 3. The van der Waals surface area contributed by atoms with Gasteiger partial charge in [0, 0.05) is 85.8 Å². The third-order valence-electron chi connectivity index (χ3n) is 12.0. The number of unbranched alkanes of at least 4 members (excludes halogenated alkanes) is 1. The van der Waals surface area contributed by atoms with E-state index in [1.807, 2.05) is 15.5 Å². The number of ether oxygens (including phenoxy) is 2. The van der Waals surface area contributed by atoms with Gasteiger partial charge in [-0.25, -0.2) is 14.2 Å². The van der Waals surface area contributed by atoms with Crippen molar-refractivity contribution in [3.05, 3.63) is 102 Å². The number of carbonyl (C=O) groups excluding carboxylic acids is 6. The summed E-state index contributed by atoms with van der Waals surface area (Å²) in [5, 5.41) is 55.8. The fourth-order valence-corrected chi connectivity index (χ4v) is 8.06. The summed E-state index contributed by atoms with van der Waals surface area (Å²) in [6.07, 6.45) is -1.58. The Morgan fingerprint density at radius 1 is 0.893 bits per heavy atom. The van der Waals surface area contributed by atoms with Crippen LogP contribution in [0.25, 0.3) is 6.08 Å². The SMILES string of the molecule is NCC(C(=O)NCCC(=O)Nc1cc(C[n+]2cccc(/C=C/C(=O)NCCCCC3CCN(C(=O)c4cccc(N)c4)CC3)c2)ccc1O[C@@H]1O[C@H](C(=O)O)[C@@H](O)[C@H](O)[C@H]1O)N1C(=O)C=CC1=O.O=C(O)C(F)(F)F. The quantitative estimate of drug-likeness (QED) is 0.0235. The molecule has 1 unspecified atom stereocenters. The lowest BCUT2D eigenvalue weighted by Gasteiger charge is -2.38. The Morgan fingerprint density at radius 2 is 1.59 bits per heavy atom. The molecule has 0 saturated carbocycles. The molecule has 26 heteroatoms. The van der Waals surface area contributed by atoms with Crippen molar-refractivity contribution in [3.63, 3.8) is 0 Å². The number of pyridine rings is 1. The minimum absolute atomic E-state index is 0.00195. The Balaban J connectivity index is 0.00000138. The van der Waals surface area contributed by atoms with Crippen molar-refractivity contribution in [1.82, 2.24) is 20.4 Å². The molecule has 2 aromatic carbocycles. The smallest absolute Gasteiger partial charge is 0.479 e. The zero-order valence-corrected chi connectivity index (χ0v) is 40.1. The molecule has 6 rings (SSSR count). The van der Waals surface area contributed by atoms with E-state index in [4.69, 9.17) is 30.8 Å². The molecular weight excluding hydrogens is 998 g/mol. The summed E-state index contributed by atoms with van der Waals surface area (Å²) in [5.41, 5.74) is 14.0. The van der Waals surface area contributed by atoms with Crippen molar-refractivity contribution in [2.45, 2.75) is 88.0 Å². The van der Waals surface area contributed by atoms with Gasteiger partial charge < -0.3 is 67.3 Å². The number of benzene rings is 2. The summed E-state index contributed by atoms with van der Waals surface area (Å²) in [4.78, 5) is 99.0. The number of amides is 6. The molecule has 0 spiro atoms. The van der Waals surface area contributed by atoms with Gasteiger partial charge in [-0.1, -0.05) is 18.9 Å². The van der Waals surface area contributed by atoms with Crippen LogP contribution in [0.4, 0.5) is 24.5 Å². The monoisotopic (exact) mass is 1060 g/mol. The number of nitrogen functional groups attached to an aromatic ring is 1. The Hall–Kier alpha value is -7.78. The third-order valence-corrected chi connectivity index (χ3v) is 12.0. The number of aliphatic carboxylic acids is 2. The standard InChI is InChI=1S/C47H56N8O13.C2HF3O2/c48-25-34(55-38(58)13-14-39(55)59)44(63)51-19-15-37(57)52-33-23-30(9-11-35(33)67-47-42(62)40(60)41(61)43(68-47)46(65)66)27-53-20-4-6-29(26-53)10-12-36(56)50-18-2-1-5-28-16-21-54(22-17-28)45(64)31-7-3-8-32(49)24-31;3-2(4,5)1(6)7/h3-4,6-14,20,23-24,26,28,34,40-43,47,60-62H,1-2,5,15-19,21-22,25,27,48-49H2,(H3-,50,51,52,56,57,63,65,66);(H,6,7)/p+1/b12-10+;/t34?,40-,41-,42+,43-,47+;/m0./s1. The molecule has 4 heterocycles. The number of carboxylic acid groups (broad SMARTS) is 2. The number of imide groups is 1. The molecule has 0 bridgehead atoms. The van der Waals surface area contributed by atoms with Crippen LogP contribution in [-0.2, 0) is 44.8 Å². The van der Waals surface area contributed by atoms with Crippen molar-refractivity contribution < 1.29 is 91.1 Å². The second-order valence-corrected chi connectivity index (χ2v) is 17.5. The van der Waals surface area contributed by atoms with E-state index in [-0.39, 0.29) is 49.3 Å². The molecule has 23 nitrogen and oxygen atoms in total. The van der Waals surface area contributed by atoms with E-state index in [1.54, 1.807) is 60.9 Å². The Morgan fingerprint density at radius 3 is 2.23 bits per heavy atom. The number of hydrogen-bond donors (Lipinski definition) is 10. The van der Waals surface area contributed by atoms with Crippen LogP contribution in [-0.4, -0.2) is 158 Å². The first kappa shape index (κ1) is 58.1. The molecule has 12 N–H and O–H groups in total. The molecule has 0 radical (unpaired) electrons. The first-order chi connectivity index (χ1) is 35.6. The molecule has 1 aromatic heterocycles. The van der Waals surface area contributed by atoms with Gasteiger partial charge in [0.25, 0.3) is 17.7 Å². The number of halogens is 3. The molecule has 2 saturated heterocycles. The van der Waals surface area contributed by atoms with Crippen LogP contribution in [0.5, 0.6) is 5.75 Å². The highest BCUT2D eigenvalue weighted by Crippen LogP contribution is 2.31. The van der Waals surface area contributed by atoms with Crippen LogP contribution in [0.15, 0.2) is 85.2 Å². The second kappa shape index (κ2) is 27.0. The van der Waals surface area contributed by atoms with Crippen LogP contribution >= 0.6 is 0 Å². The van der Waals surface area contributed by atoms with Crippen molar-refractivity contribution >= 4 is 64.8 Å². The van der Waals surface area contributed by atoms with Crippen molar-refractivity contribution in [1.29, 1.82) is 0 Å². The van der Waals surface area contributed by atoms with E-state index in [0.29, 0.717) is 52.8 Å². The van der Waals surface area contributed by atoms with E-state index >= 15 is 0 Å². The summed E-state index contributed by atoms with van der Waals surface area (Å²) in [6, 6.07) is 13.9.